The van der Waals surface area contributed by atoms with Crippen molar-refractivity contribution < 1.29 is 9.53 Å². The van der Waals surface area contributed by atoms with Gasteiger partial charge in [0.25, 0.3) is 11.8 Å². The van der Waals surface area contributed by atoms with Crippen LogP contribution in [0.4, 0.5) is 0 Å². The molecular weight excluding hydrogens is 314 g/mol. The maximum absolute atomic E-state index is 12.5. The Morgan fingerprint density at radius 1 is 1.48 bits per heavy atom. The van der Waals surface area contributed by atoms with Crippen LogP contribution >= 0.6 is 11.3 Å². The summed E-state index contributed by atoms with van der Waals surface area (Å²) in [5.74, 6) is 0.140. The van der Waals surface area contributed by atoms with Crippen LogP contribution in [-0.2, 0) is 0 Å². The van der Waals surface area contributed by atoms with Crippen LogP contribution in [0.3, 0.4) is 0 Å². The average Bonchev–Trinajstić information content (AvgIpc) is 3.01. The van der Waals surface area contributed by atoms with Gasteiger partial charge in [0, 0.05) is 24.3 Å². The molecule has 1 unspecified atom stereocenters. The third-order valence-electron chi connectivity index (χ3n) is 3.55. The number of nitriles is 1. The topological polar surface area (TPSA) is 92.0 Å². The van der Waals surface area contributed by atoms with Crippen molar-refractivity contribution in [2.75, 3.05) is 13.1 Å². The van der Waals surface area contributed by atoms with E-state index in [2.05, 4.69) is 15.0 Å². The highest BCUT2D eigenvalue weighted by atomic mass is 32.1. The molecule has 0 aliphatic carbocycles. The van der Waals surface area contributed by atoms with Crippen LogP contribution < -0.4 is 4.74 Å². The fourth-order valence-corrected chi connectivity index (χ4v) is 3.08. The Bertz CT molecular complexity index is 754. The minimum Gasteiger partial charge on any atom is -0.470 e. The number of piperidine rings is 1. The van der Waals surface area contributed by atoms with Gasteiger partial charge < -0.3 is 9.64 Å². The summed E-state index contributed by atoms with van der Waals surface area (Å²) in [5, 5.41) is 11.7. The predicted molar refractivity (Wildman–Crippen MR) is 83.2 cm³/mol. The summed E-state index contributed by atoms with van der Waals surface area (Å²) in [4.78, 5) is 26.4. The van der Waals surface area contributed by atoms with E-state index in [0.29, 0.717) is 18.8 Å². The Balaban J connectivity index is 1.69. The Kier molecular flexibility index (Phi) is 4.48. The van der Waals surface area contributed by atoms with Crippen molar-refractivity contribution in [2.24, 2.45) is 0 Å². The maximum atomic E-state index is 12.5. The fraction of sp³-hybridized carbons (Fsp3) is 0.400. The van der Waals surface area contributed by atoms with Crippen molar-refractivity contribution in [3.63, 3.8) is 0 Å². The SMILES string of the molecule is Cc1nc(C(=O)N2CCCC(Oc3nccnc3C#N)C2)cs1. The number of hydrogen-bond donors (Lipinski definition) is 0. The molecule has 7 nitrogen and oxygen atoms in total. The van der Waals surface area contributed by atoms with Gasteiger partial charge in [-0.05, 0) is 19.8 Å². The zero-order valence-corrected chi connectivity index (χ0v) is 13.4. The molecule has 1 fully saturated rings. The second-order valence-electron chi connectivity index (χ2n) is 5.21. The Labute approximate surface area is 137 Å². The molecule has 0 N–H and O–H groups in total. The minimum absolute atomic E-state index is 0.0812. The van der Waals surface area contributed by atoms with Crippen molar-refractivity contribution >= 4 is 17.2 Å². The molecule has 0 bridgehead atoms. The lowest BCUT2D eigenvalue weighted by atomic mass is 10.1. The van der Waals surface area contributed by atoms with Crippen LogP contribution in [0, 0.1) is 18.3 Å². The van der Waals surface area contributed by atoms with E-state index in [1.807, 2.05) is 13.0 Å². The number of thiazole rings is 1. The van der Waals surface area contributed by atoms with Gasteiger partial charge in [0.2, 0.25) is 5.69 Å². The van der Waals surface area contributed by atoms with Gasteiger partial charge in [-0.1, -0.05) is 0 Å². The Morgan fingerprint density at radius 3 is 3.04 bits per heavy atom. The molecule has 1 aliphatic rings. The molecule has 8 heteroatoms. The number of likely N-dealkylation sites (tertiary alicyclic amines) is 1. The van der Waals surface area contributed by atoms with Crippen LogP contribution in [0.5, 0.6) is 5.88 Å². The zero-order chi connectivity index (χ0) is 16.2. The monoisotopic (exact) mass is 329 g/mol. The van der Waals surface area contributed by atoms with Gasteiger partial charge in [-0.25, -0.2) is 15.0 Å². The van der Waals surface area contributed by atoms with Crippen molar-refractivity contribution in [3.8, 4) is 11.9 Å². The number of aryl methyl sites for hydroxylation is 1. The second-order valence-corrected chi connectivity index (χ2v) is 6.27. The molecule has 0 spiro atoms. The zero-order valence-electron chi connectivity index (χ0n) is 12.6. The lowest BCUT2D eigenvalue weighted by Gasteiger charge is -2.32. The summed E-state index contributed by atoms with van der Waals surface area (Å²) in [6.07, 6.45) is 4.38. The van der Waals surface area contributed by atoms with Gasteiger partial charge in [-0.3, -0.25) is 4.79 Å². The molecule has 0 aromatic carbocycles. The molecule has 0 saturated carbocycles. The first-order valence-electron chi connectivity index (χ1n) is 7.26. The quantitative estimate of drug-likeness (QED) is 0.852. The highest BCUT2D eigenvalue weighted by molar-refractivity contribution is 7.09. The first kappa shape index (κ1) is 15.4. The van der Waals surface area contributed by atoms with E-state index in [1.54, 1.807) is 10.3 Å². The highest BCUT2D eigenvalue weighted by Gasteiger charge is 2.27. The number of carbonyl (C=O) groups is 1. The van der Waals surface area contributed by atoms with Gasteiger partial charge in [0.05, 0.1) is 11.6 Å². The number of amides is 1. The number of rotatable bonds is 3. The van der Waals surface area contributed by atoms with E-state index in [9.17, 15) is 4.79 Å². The van der Waals surface area contributed by atoms with E-state index in [4.69, 9.17) is 10.00 Å². The second kappa shape index (κ2) is 6.71. The Morgan fingerprint density at radius 2 is 2.30 bits per heavy atom. The van der Waals surface area contributed by atoms with Crippen molar-refractivity contribution in [1.82, 2.24) is 19.9 Å². The van der Waals surface area contributed by atoms with Crippen molar-refractivity contribution in [1.29, 1.82) is 5.26 Å². The molecule has 0 radical (unpaired) electrons. The van der Waals surface area contributed by atoms with Crippen molar-refractivity contribution in [3.05, 3.63) is 34.2 Å². The van der Waals surface area contributed by atoms with E-state index in [-0.39, 0.29) is 23.6 Å². The van der Waals surface area contributed by atoms with Crippen LogP contribution in [0.25, 0.3) is 0 Å². The fourth-order valence-electron chi connectivity index (χ4n) is 2.49. The third-order valence-corrected chi connectivity index (χ3v) is 4.33. The lowest BCUT2D eigenvalue weighted by Crippen LogP contribution is -2.44. The van der Waals surface area contributed by atoms with Gasteiger partial charge in [0.1, 0.15) is 17.9 Å². The number of carbonyl (C=O) groups excluding carboxylic acids is 1. The van der Waals surface area contributed by atoms with Crippen molar-refractivity contribution in [2.45, 2.75) is 25.9 Å². The van der Waals surface area contributed by atoms with E-state index < -0.39 is 0 Å². The smallest absolute Gasteiger partial charge is 0.273 e. The van der Waals surface area contributed by atoms with Crippen LogP contribution in [0.15, 0.2) is 17.8 Å². The predicted octanol–water partition coefficient (Wildman–Crippen LogP) is 1.80. The first-order valence-corrected chi connectivity index (χ1v) is 8.14. The largest absolute Gasteiger partial charge is 0.470 e. The molecule has 23 heavy (non-hydrogen) atoms. The summed E-state index contributed by atoms with van der Waals surface area (Å²) in [7, 11) is 0. The number of aromatic nitrogens is 3. The molecule has 2 aromatic heterocycles. The molecule has 1 amide bonds. The van der Waals surface area contributed by atoms with Gasteiger partial charge in [-0.2, -0.15) is 5.26 Å². The normalized spacial score (nSPS) is 17.6. The van der Waals surface area contributed by atoms with E-state index in [1.165, 1.54) is 23.7 Å². The summed E-state index contributed by atoms with van der Waals surface area (Å²) >= 11 is 1.46. The molecule has 1 saturated heterocycles. The average molecular weight is 329 g/mol. The minimum atomic E-state index is -0.198. The number of ether oxygens (including phenoxy) is 1. The number of nitrogens with zero attached hydrogens (tertiary/aromatic N) is 5. The number of hydrogen-bond acceptors (Lipinski definition) is 7. The lowest BCUT2D eigenvalue weighted by molar-refractivity contribution is 0.0521. The Hall–Kier alpha value is -2.53. The molecule has 3 heterocycles. The summed E-state index contributed by atoms with van der Waals surface area (Å²) in [5.41, 5.74) is 0.636. The first-order chi connectivity index (χ1) is 11.2. The molecule has 1 aliphatic heterocycles. The summed E-state index contributed by atoms with van der Waals surface area (Å²) < 4.78 is 5.79. The van der Waals surface area contributed by atoms with Crippen LogP contribution in [0.2, 0.25) is 0 Å². The van der Waals surface area contributed by atoms with Gasteiger partial charge in [0.15, 0.2) is 0 Å². The maximum Gasteiger partial charge on any atom is 0.273 e. The molecule has 2 aromatic rings. The standard InChI is InChI=1S/C15H15N5O2S/c1-10-19-13(9-23-10)15(21)20-6-2-3-11(8-20)22-14-12(7-16)17-4-5-18-14/h4-5,9,11H,2-3,6,8H2,1H3. The molecule has 118 valence electrons. The van der Waals surface area contributed by atoms with E-state index >= 15 is 0 Å². The van der Waals surface area contributed by atoms with E-state index in [0.717, 1.165) is 17.8 Å². The van der Waals surface area contributed by atoms with Gasteiger partial charge >= 0.3 is 0 Å². The molecule has 3 rings (SSSR count). The van der Waals surface area contributed by atoms with Crippen LogP contribution in [0.1, 0.15) is 34.0 Å². The van der Waals surface area contributed by atoms with Gasteiger partial charge in [-0.15, -0.1) is 11.3 Å². The molecular formula is C15H15N5O2S. The van der Waals surface area contributed by atoms with Crippen LogP contribution in [-0.4, -0.2) is 45.0 Å². The summed E-state index contributed by atoms with van der Waals surface area (Å²) in [6, 6.07) is 1.96. The summed E-state index contributed by atoms with van der Waals surface area (Å²) in [6.45, 7) is 3.01. The third kappa shape index (κ3) is 3.46. The molecule has 1 atom stereocenters. The highest BCUT2D eigenvalue weighted by Crippen LogP contribution is 2.20.